The van der Waals surface area contributed by atoms with Gasteiger partial charge < -0.3 is 5.32 Å². The third-order valence-corrected chi connectivity index (χ3v) is 5.17. The van der Waals surface area contributed by atoms with Gasteiger partial charge in [-0.05, 0) is 50.1 Å². The Morgan fingerprint density at radius 2 is 1.77 bits per heavy atom. The van der Waals surface area contributed by atoms with Gasteiger partial charge in [0.1, 0.15) is 0 Å². The largest absolute Gasteiger partial charge is 0.319 e. The first-order chi connectivity index (χ1) is 14.5. The van der Waals surface area contributed by atoms with Crippen LogP contribution >= 0.6 is 0 Å². The lowest BCUT2D eigenvalue weighted by Gasteiger charge is -2.09. The van der Waals surface area contributed by atoms with Crippen LogP contribution in [0, 0.1) is 20.8 Å². The number of hydrogen-bond donors (Lipinski definition) is 1. The molecule has 30 heavy (non-hydrogen) atoms. The molecule has 0 saturated heterocycles. The molecule has 0 spiro atoms. The average Bonchev–Trinajstić information content (AvgIpc) is 3.33. The number of amides is 1. The lowest BCUT2D eigenvalue weighted by Crippen LogP contribution is -2.14. The fourth-order valence-corrected chi connectivity index (χ4v) is 3.48. The molecule has 152 valence electrons. The molecule has 4 aromatic rings. The highest BCUT2D eigenvalue weighted by molar-refractivity contribution is 6.05. The maximum Gasteiger partial charge on any atom is 0.255 e. The van der Waals surface area contributed by atoms with E-state index >= 15 is 0 Å². The van der Waals surface area contributed by atoms with Gasteiger partial charge in [0.2, 0.25) is 0 Å². The van der Waals surface area contributed by atoms with Crippen molar-refractivity contribution in [3.8, 4) is 0 Å². The second-order valence-electron chi connectivity index (χ2n) is 7.55. The van der Waals surface area contributed by atoms with Crippen LogP contribution in [0.1, 0.15) is 38.4 Å². The third-order valence-electron chi connectivity index (χ3n) is 5.17. The van der Waals surface area contributed by atoms with Gasteiger partial charge in [-0.1, -0.05) is 42.0 Å². The van der Waals surface area contributed by atoms with Crippen LogP contribution < -0.4 is 5.32 Å². The molecule has 6 heteroatoms. The van der Waals surface area contributed by atoms with E-state index in [-0.39, 0.29) is 5.91 Å². The molecule has 2 heterocycles. The first-order valence-corrected chi connectivity index (χ1v) is 9.97. The van der Waals surface area contributed by atoms with E-state index < -0.39 is 0 Å². The van der Waals surface area contributed by atoms with E-state index in [0.29, 0.717) is 18.7 Å². The minimum absolute atomic E-state index is 0.140. The summed E-state index contributed by atoms with van der Waals surface area (Å²) in [5.74, 6) is -0.140. The van der Waals surface area contributed by atoms with Gasteiger partial charge in [-0.3, -0.25) is 14.2 Å². The summed E-state index contributed by atoms with van der Waals surface area (Å²) in [6.45, 7) is 7.27. The summed E-state index contributed by atoms with van der Waals surface area (Å²) in [4.78, 5) is 12.9. The smallest absolute Gasteiger partial charge is 0.255 e. The molecule has 2 aromatic carbocycles. The molecular formula is C24H25N5O. The monoisotopic (exact) mass is 399 g/mol. The molecule has 0 unspecified atom stereocenters. The zero-order valence-corrected chi connectivity index (χ0v) is 17.5. The summed E-state index contributed by atoms with van der Waals surface area (Å²) >= 11 is 0. The summed E-state index contributed by atoms with van der Waals surface area (Å²) in [6, 6.07) is 17.9. The standard InChI is InChI=1S/C24H25N5O/c1-17-8-10-20(11-9-17)16-29-19(3)23(18(2)27-29)26-24(30)22-7-4-6-21(14-22)15-28-13-5-12-25-28/h4-14H,15-16H2,1-3H3,(H,26,30). The Balaban J connectivity index is 1.50. The van der Waals surface area contributed by atoms with E-state index in [1.165, 1.54) is 11.1 Å². The van der Waals surface area contributed by atoms with Crippen molar-refractivity contribution in [2.45, 2.75) is 33.9 Å². The van der Waals surface area contributed by atoms with Gasteiger partial charge >= 0.3 is 0 Å². The first kappa shape index (κ1) is 19.6. The summed E-state index contributed by atoms with van der Waals surface area (Å²) in [5, 5.41) is 11.9. The predicted molar refractivity (Wildman–Crippen MR) is 118 cm³/mol. The van der Waals surface area contributed by atoms with Gasteiger partial charge in [0, 0.05) is 18.0 Å². The minimum atomic E-state index is -0.140. The molecule has 0 bridgehead atoms. The van der Waals surface area contributed by atoms with Crippen LogP contribution in [0.3, 0.4) is 0 Å². The number of nitrogens with one attached hydrogen (secondary N) is 1. The van der Waals surface area contributed by atoms with Gasteiger partial charge in [-0.2, -0.15) is 10.2 Å². The Hall–Kier alpha value is -3.67. The Morgan fingerprint density at radius 3 is 2.50 bits per heavy atom. The second kappa shape index (κ2) is 8.37. The fraction of sp³-hybridized carbons (Fsp3) is 0.208. The van der Waals surface area contributed by atoms with Crippen LogP contribution in [0.2, 0.25) is 0 Å². The van der Waals surface area contributed by atoms with Crippen LogP contribution in [0.5, 0.6) is 0 Å². The number of anilines is 1. The molecule has 0 atom stereocenters. The maximum absolute atomic E-state index is 12.9. The molecule has 1 amide bonds. The lowest BCUT2D eigenvalue weighted by atomic mass is 10.1. The van der Waals surface area contributed by atoms with Crippen LogP contribution in [0.15, 0.2) is 67.0 Å². The number of aromatic nitrogens is 4. The number of hydrogen-bond acceptors (Lipinski definition) is 3. The highest BCUT2D eigenvalue weighted by atomic mass is 16.1. The van der Waals surface area contributed by atoms with E-state index in [1.807, 2.05) is 59.7 Å². The van der Waals surface area contributed by atoms with Crippen LogP contribution in [-0.4, -0.2) is 25.5 Å². The Kier molecular flexibility index (Phi) is 5.48. The van der Waals surface area contributed by atoms with Crippen molar-refractivity contribution in [3.63, 3.8) is 0 Å². The summed E-state index contributed by atoms with van der Waals surface area (Å²) < 4.78 is 3.77. The molecule has 0 radical (unpaired) electrons. The van der Waals surface area contributed by atoms with Crippen molar-refractivity contribution < 1.29 is 4.79 Å². The number of carbonyl (C=O) groups excluding carboxylic acids is 1. The van der Waals surface area contributed by atoms with Gasteiger partial charge in [0.05, 0.1) is 30.2 Å². The predicted octanol–water partition coefficient (Wildman–Crippen LogP) is 4.35. The second-order valence-corrected chi connectivity index (χ2v) is 7.55. The van der Waals surface area contributed by atoms with Gasteiger partial charge in [0.15, 0.2) is 0 Å². The van der Waals surface area contributed by atoms with E-state index in [9.17, 15) is 4.79 Å². The molecule has 0 fully saturated rings. The summed E-state index contributed by atoms with van der Waals surface area (Å²) in [5.41, 5.74) is 6.56. The zero-order chi connectivity index (χ0) is 21.1. The highest BCUT2D eigenvalue weighted by Crippen LogP contribution is 2.22. The maximum atomic E-state index is 12.9. The molecule has 6 nitrogen and oxygen atoms in total. The number of carbonyl (C=O) groups is 1. The Bertz CT molecular complexity index is 1160. The van der Waals surface area contributed by atoms with Gasteiger partial charge in [0.25, 0.3) is 5.91 Å². The molecule has 2 aromatic heterocycles. The van der Waals surface area contributed by atoms with Crippen LogP contribution in [0.25, 0.3) is 0 Å². The number of aryl methyl sites for hydroxylation is 2. The fourth-order valence-electron chi connectivity index (χ4n) is 3.48. The van der Waals surface area contributed by atoms with Gasteiger partial charge in [-0.15, -0.1) is 0 Å². The van der Waals surface area contributed by atoms with E-state index in [4.69, 9.17) is 0 Å². The Labute approximate surface area is 176 Å². The normalized spacial score (nSPS) is 10.9. The van der Waals surface area contributed by atoms with Crippen LogP contribution in [0.4, 0.5) is 5.69 Å². The molecule has 4 rings (SSSR count). The third kappa shape index (κ3) is 4.33. The quantitative estimate of drug-likeness (QED) is 0.524. The summed E-state index contributed by atoms with van der Waals surface area (Å²) in [6.07, 6.45) is 3.65. The van der Waals surface area contributed by atoms with Crippen molar-refractivity contribution >= 4 is 11.6 Å². The number of nitrogens with zero attached hydrogens (tertiary/aromatic N) is 4. The van der Waals surface area contributed by atoms with Crippen molar-refractivity contribution in [2.24, 2.45) is 0 Å². The van der Waals surface area contributed by atoms with E-state index in [1.54, 1.807) is 6.20 Å². The highest BCUT2D eigenvalue weighted by Gasteiger charge is 2.16. The summed E-state index contributed by atoms with van der Waals surface area (Å²) in [7, 11) is 0. The number of benzene rings is 2. The molecular weight excluding hydrogens is 374 g/mol. The number of rotatable bonds is 6. The van der Waals surface area contributed by atoms with Crippen molar-refractivity contribution in [2.75, 3.05) is 5.32 Å². The molecule has 0 aliphatic rings. The molecule has 1 N–H and O–H groups in total. The zero-order valence-electron chi connectivity index (χ0n) is 17.5. The first-order valence-electron chi connectivity index (χ1n) is 9.97. The van der Waals surface area contributed by atoms with Crippen molar-refractivity contribution in [1.82, 2.24) is 19.6 Å². The van der Waals surface area contributed by atoms with Crippen LogP contribution in [-0.2, 0) is 13.1 Å². The molecule has 0 aliphatic heterocycles. The SMILES string of the molecule is Cc1ccc(Cn2nc(C)c(NC(=O)c3cccc(Cn4cccn4)c3)c2C)cc1. The molecule has 0 saturated carbocycles. The lowest BCUT2D eigenvalue weighted by molar-refractivity contribution is 0.102. The molecule has 0 aliphatic carbocycles. The van der Waals surface area contributed by atoms with Crippen molar-refractivity contribution in [1.29, 1.82) is 0 Å². The van der Waals surface area contributed by atoms with E-state index in [0.717, 1.165) is 22.6 Å². The van der Waals surface area contributed by atoms with Crippen molar-refractivity contribution in [3.05, 3.63) is 101 Å². The Morgan fingerprint density at radius 1 is 0.967 bits per heavy atom. The minimum Gasteiger partial charge on any atom is -0.319 e. The topological polar surface area (TPSA) is 64.7 Å². The average molecular weight is 399 g/mol. The van der Waals surface area contributed by atoms with Gasteiger partial charge in [-0.25, -0.2) is 0 Å². The van der Waals surface area contributed by atoms with E-state index in [2.05, 4.69) is 46.7 Å².